The molecule has 0 aliphatic carbocycles. The van der Waals surface area contributed by atoms with Crippen LogP contribution in [0.3, 0.4) is 0 Å². The molecule has 1 unspecified atom stereocenters. The predicted molar refractivity (Wildman–Crippen MR) is 115 cm³/mol. The van der Waals surface area contributed by atoms with Gasteiger partial charge in [-0.2, -0.15) is 0 Å². The van der Waals surface area contributed by atoms with E-state index in [1.54, 1.807) is 45.0 Å². The third-order valence-electron chi connectivity index (χ3n) is 4.22. The zero-order valence-corrected chi connectivity index (χ0v) is 18.3. The molecule has 2 N–H and O–H groups in total. The lowest BCUT2D eigenvalue weighted by Gasteiger charge is -2.22. The SMILES string of the molecule is COc1ccc(CC(NC(=O)OC(C)(C)C)C(=O)O)cc1COc1ccccc1[N+](=O)[O-]. The summed E-state index contributed by atoms with van der Waals surface area (Å²) in [5, 5.41) is 23.0. The summed E-state index contributed by atoms with van der Waals surface area (Å²) in [4.78, 5) is 34.3. The quantitative estimate of drug-likeness (QED) is 0.439. The van der Waals surface area contributed by atoms with Crippen LogP contribution in [0.15, 0.2) is 42.5 Å². The lowest BCUT2D eigenvalue weighted by Crippen LogP contribution is -2.44. The molecule has 2 rings (SSSR count). The van der Waals surface area contributed by atoms with Gasteiger partial charge in [0.1, 0.15) is 24.0 Å². The largest absolute Gasteiger partial charge is 0.496 e. The number of alkyl carbamates (subject to hydrolysis) is 1. The number of carbonyl (C=O) groups is 2. The maximum atomic E-state index is 12.0. The number of aliphatic carboxylic acids is 1. The zero-order valence-electron chi connectivity index (χ0n) is 18.3. The molecule has 32 heavy (non-hydrogen) atoms. The molecule has 0 saturated carbocycles. The minimum absolute atomic E-state index is 0.0168. The van der Waals surface area contributed by atoms with Crippen molar-refractivity contribution in [3.8, 4) is 11.5 Å². The van der Waals surface area contributed by atoms with Gasteiger partial charge in [0.25, 0.3) is 0 Å². The van der Waals surface area contributed by atoms with Crippen molar-refractivity contribution in [2.75, 3.05) is 7.11 Å². The molecule has 2 aromatic carbocycles. The van der Waals surface area contributed by atoms with Crippen molar-refractivity contribution in [1.29, 1.82) is 0 Å². The van der Waals surface area contributed by atoms with E-state index >= 15 is 0 Å². The monoisotopic (exact) mass is 446 g/mol. The molecule has 0 bridgehead atoms. The lowest BCUT2D eigenvalue weighted by atomic mass is 10.0. The van der Waals surface area contributed by atoms with Gasteiger partial charge in [-0.1, -0.05) is 18.2 Å². The molecule has 1 amide bonds. The summed E-state index contributed by atoms with van der Waals surface area (Å²) in [6.07, 6.45) is -0.852. The number of ether oxygens (including phenoxy) is 3. The molecular formula is C22H26N2O8. The molecule has 0 fully saturated rings. The molecule has 0 spiro atoms. The van der Waals surface area contributed by atoms with Crippen molar-refractivity contribution in [2.45, 2.75) is 45.4 Å². The summed E-state index contributed by atoms with van der Waals surface area (Å²) in [6, 6.07) is 9.73. The molecule has 1 atom stereocenters. The van der Waals surface area contributed by atoms with Gasteiger partial charge in [-0.05, 0) is 44.5 Å². The Hall–Kier alpha value is -3.82. The van der Waals surface area contributed by atoms with Gasteiger partial charge < -0.3 is 24.6 Å². The smallest absolute Gasteiger partial charge is 0.408 e. The van der Waals surface area contributed by atoms with Crippen LogP contribution < -0.4 is 14.8 Å². The van der Waals surface area contributed by atoms with Crippen molar-refractivity contribution in [3.63, 3.8) is 0 Å². The highest BCUT2D eigenvalue weighted by Crippen LogP contribution is 2.28. The Morgan fingerprint density at radius 3 is 2.44 bits per heavy atom. The summed E-state index contributed by atoms with van der Waals surface area (Å²) in [7, 11) is 1.47. The van der Waals surface area contributed by atoms with Gasteiger partial charge in [-0.3, -0.25) is 10.1 Å². The number of hydrogen-bond acceptors (Lipinski definition) is 7. The van der Waals surface area contributed by atoms with E-state index in [1.165, 1.54) is 25.3 Å². The zero-order chi connectivity index (χ0) is 23.9. The number of methoxy groups -OCH3 is 1. The number of nitrogens with zero attached hydrogens (tertiary/aromatic N) is 1. The van der Waals surface area contributed by atoms with E-state index in [9.17, 15) is 24.8 Å². The minimum atomic E-state index is -1.22. The highest BCUT2D eigenvalue weighted by atomic mass is 16.6. The van der Waals surface area contributed by atoms with Crippen LogP contribution >= 0.6 is 0 Å². The fraction of sp³-hybridized carbons (Fsp3) is 0.364. The topological polar surface area (TPSA) is 137 Å². The van der Waals surface area contributed by atoms with Crippen LogP contribution in [0, 0.1) is 10.1 Å². The number of amides is 1. The van der Waals surface area contributed by atoms with E-state index < -0.39 is 28.6 Å². The molecule has 0 radical (unpaired) electrons. The van der Waals surface area contributed by atoms with E-state index in [1.807, 2.05) is 0 Å². The van der Waals surface area contributed by atoms with Crippen LogP contribution in [0.2, 0.25) is 0 Å². The Kier molecular flexibility index (Phi) is 8.00. The Bertz CT molecular complexity index is 984. The van der Waals surface area contributed by atoms with E-state index in [-0.39, 0.29) is 24.5 Å². The molecule has 0 saturated heterocycles. The fourth-order valence-corrected chi connectivity index (χ4v) is 2.84. The van der Waals surface area contributed by atoms with Gasteiger partial charge in [0, 0.05) is 18.1 Å². The number of para-hydroxylation sites is 2. The number of nitrogens with one attached hydrogen (secondary N) is 1. The molecule has 10 heteroatoms. The van der Waals surface area contributed by atoms with Gasteiger partial charge in [0.2, 0.25) is 0 Å². The van der Waals surface area contributed by atoms with Gasteiger partial charge in [-0.15, -0.1) is 0 Å². The number of carbonyl (C=O) groups excluding carboxylic acids is 1. The summed E-state index contributed by atoms with van der Waals surface area (Å²) in [6.45, 7) is 4.98. The third-order valence-corrected chi connectivity index (χ3v) is 4.22. The van der Waals surface area contributed by atoms with E-state index in [4.69, 9.17) is 14.2 Å². The van der Waals surface area contributed by atoms with Gasteiger partial charge in [-0.25, -0.2) is 9.59 Å². The fourth-order valence-electron chi connectivity index (χ4n) is 2.84. The van der Waals surface area contributed by atoms with Crippen LogP contribution in [0.5, 0.6) is 11.5 Å². The summed E-state index contributed by atoms with van der Waals surface area (Å²) in [5.41, 5.74) is 0.216. The number of carboxylic acid groups (broad SMARTS) is 1. The average molecular weight is 446 g/mol. The molecule has 0 heterocycles. The third kappa shape index (κ3) is 7.15. The Morgan fingerprint density at radius 1 is 1.16 bits per heavy atom. The summed E-state index contributed by atoms with van der Waals surface area (Å²) in [5.74, 6) is -0.649. The molecule has 0 aliphatic heterocycles. The van der Waals surface area contributed by atoms with Crippen LogP contribution in [-0.2, 0) is 22.6 Å². The molecule has 172 valence electrons. The van der Waals surface area contributed by atoms with E-state index in [0.29, 0.717) is 16.9 Å². The lowest BCUT2D eigenvalue weighted by molar-refractivity contribution is -0.385. The second kappa shape index (κ2) is 10.5. The number of nitro benzene ring substituents is 1. The van der Waals surface area contributed by atoms with Crippen molar-refractivity contribution in [3.05, 3.63) is 63.7 Å². The highest BCUT2D eigenvalue weighted by molar-refractivity contribution is 5.80. The Labute approximate surface area is 185 Å². The minimum Gasteiger partial charge on any atom is -0.496 e. The van der Waals surface area contributed by atoms with Crippen molar-refractivity contribution < 1.29 is 33.8 Å². The number of carboxylic acids is 1. The van der Waals surface area contributed by atoms with Gasteiger partial charge >= 0.3 is 17.7 Å². The predicted octanol–water partition coefficient (Wildman–Crippen LogP) is 3.70. The maximum Gasteiger partial charge on any atom is 0.408 e. The number of nitro groups is 1. The first-order valence-corrected chi connectivity index (χ1v) is 9.74. The van der Waals surface area contributed by atoms with Crippen molar-refractivity contribution >= 4 is 17.7 Å². The second-order valence-electron chi connectivity index (χ2n) is 7.90. The van der Waals surface area contributed by atoms with E-state index in [0.717, 1.165) is 0 Å². The first-order chi connectivity index (χ1) is 15.0. The van der Waals surface area contributed by atoms with Gasteiger partial charge in [0.05, 0.1) is 12.0 Å². The number of hydrogen-bond donors (Lipinski definition) is 2. The van der Waals surface area contributed by atoms with Gasteiger partial charge in [0.15, 0.2) is 5.75 Å². The highest BCUT2D eigenvalue weighted by Gasteiger charge is 2.24. The van der Waals surface area contributed by atoms with Crippen LogP contribution in [-0.4, -0.2) is 40.8 Å². The van der Waals surface area contributed by atoms with Crippen LogP contribution in [0.1, 0.15) is 31.9 Å². The summed E-state index contributed by atoms with van der Waals surface area (Å²) < 4.78 is 16.1. The van der Waals surface area contributed by atoms with Crippen LogP contribution in [0.25, 0.3) is 0 Å². The van der Waals surface area contributed by atoms with Crippen molar-refractivity contribution in [2.24, 2.45) is 0 Å². The second-order valence-corrected chi connectivity index (χ2v) is 7.90. The van der Waals surface area contributed by atoms with Crippen molar-refractivity contribution in [1.82, 2.24) is 5.32 Å². The first-order valence-electron chi connectivity index (χ1n) is 9.74. The molecule has 2 aromatic rings. The molecule has 0 aliphatic rings. The van der Waals surface area contributed by atoms with E-state index in [2.05, 4.69) is 5.32 Å². The van der Waals surface area contributed by atoms with Crippen LogP contribution in [0.4, 0.5) is 10.5 Å². The normalized spacial score (nSPS) is 11.9. The maximum absolute atomic E-state index is 12.0. The Morgan fingerprint density at radius 2 is 1.84 bits per heavy atom. The Balaban J connectivity index is 2.18. The molecule has 0 aromatic heterocycles. The standard InChI is InChI=1S/C22H26N2O8/c1-22(2,3)32-21(27)23-16(20(25)26)12-14-9-10-18(30-4)15(11-14)13-31-19-8-6-5-7-17(19)24(28)29/h5-11,16H,12-13H2,1-4H3,(H,23,27)(H,25,26). The molecular weight excluding hydrogens is 420 g/mol. The first kappa shape index (κ1) is 24.4. The molecule has 10 nitrogen and oxygen atoms in total. The number of benzene rings is 2. The average Bonchev–Trinajstić information content (AvgIpc) is 2.70. The summed E-state index contributed by atoms with van der Waals surface area (Å²) >= 11 is 0. The number of rotatable bonds is 9.